The Labute approximate surface area is 175 Å². The second-order valence-electron chi connectivity index (χ2n) is 8.16. The lowest BCUT2D eigenvalue weighted by Crippen LogP contribution is -2.53. The van der Waals surface area contributed by atoms with Gasteiger partial charge in [-0.15, -0.1) is 0 Å². The van der Waals surface area contributed by atoms with Crippen LogP contribution in [0.2, 0.25) is 0 Å². The summed E-state index contributed by atoms with van der Waals surface area (Å²) in [5, 5.41) is 0. The van der Waals surface area contributed by atoms with Crippen molar-refractivity contribution >= 4 is 27.7 Å². The molecule has 1 aromatic carbocycles. The zero-order chi connectivity index (χ0) is 20.3. The molecule has 2 saturated heterocycles. The summed E-state index contributed by atoms with van der Waals surface area (Å²) >= 11 is 3.46. The fourth-order valence-electron chi connectivity index (χ4n) is 4.23. The predicted octanol–water partition coefficient (Wildman–Crippen LogP) is 2.72. The van der Waals surface area contributed by atoms with E-state index >= 15 is 0 Å². The molecule has 7 heteroatoms. The maximum absolute atomic E-state index is 12.9. The molecule has 0 bridgehead atoms. The van der Waals surface area contributed by atoms with Gasteiger partial charge in [0.15, 0.2) is 0 Å². The second kappa shape index (κ2) is 9.27. The topological polar surface area (TPSA) is 53.1 Å². The first-order chi connectivity index (χ1) is 13.4. The van der Waals surface area contributed by atoms with Gasteiger partial charge in [0, 0.05) is 43.7 Å². The molecule has 6 nitrogen and oxygen atoms in total. The van der Waals surface area contributed by atoms with Crippen LogP contribution in [-0.2, 0) is 4.79 Å². The summed E-state index contributed by atoms with van der Waals surface area (Å²) < 4.78 is 6.01. The molecule has 0 spiro atoms. The zero-order valence-electron chi connectivity index (χ0n) is 17.0. The average molecular weight is 452 g/mol. The Kier molecular flexibility index (Phi) is 6.99. The number of amides is 2. The molecule has 0 N–H and O–H groups in total. The van der Waals surface area contributed by atoms with Crippen molar-refractivity contribution in [3.63, 3.8) is 0 Å². The van der Waals surface area contributed by atoms with Gasteiger partial charge < -0.3 is 14.5 Å². The number of benzene rings is 1. The Balaban J connectivity index is 1.53. The number of rotatable bonds is 4. The number of piperidine rings is 1. The van der Waals surface area contributed by atoms with Gasteiger partial charge in [0.1, 0.15) is 5.75 Å². The third kappa shape index (κ3) is 5.06. The van der Waals surface area contributed by atoms with Crippen molar-refractivity contribution < 1.29 is 14.3 Å². The molecule has 154 valence electrons. The van der Waals surface area contributed by atoms with Crippen LogP contribution in [0.25, 0.3) is 0 Å². The summed E-state index contributed by atoms with van der Waals surface area (Å²) in [5.41, 5.74) is 0.611. The summed E-state index contributed by atoms with van der Waals surface area (Å²) in [6, 6.07) is 5.43. The minimum atomic E-state index is -0.00423. The number of hydrogen-bond acceptors (Lipinski definition) is 4. The van der Waals surface area contributed by atoms with E-state index in [1.54, 1.807) is 13.2 Å². The highest BCUT2D eigenvalue weighted by Gasteiger charge is 2.29. The Morgan fingerprint density at radius 3 is 2.32 bits per heavy atom. The molecule has 0 aliphatic carbocycles. The lowest BCUT2D eigenvalue weighted by atomic mass is 9.92. The Morgan fingerprint density at radius 2 is 1.71 bits per heavy atom. The number of methoxy groups -OCH3 is 1. The maximum atomic E-state index is 12.9. The highest BCUT2D eigenvalue weighted by atomic mass is 79.9. The Morgan fingerprint density at radius 1 is 1.07 bits per heavy atom. The average Bonchev–Trinajstić information content (AvgIpc) is 2.67. The van der Waals surface area contributed by atoms with E-state index in [0.29, 0.717) is 42.8 Å². The van der Waals surface area contributed by atoms with Gasteiger partial charge in [-0.25, -0.2) is 0 Å². The number of carbonyl (C=O) groups excluding carboxylic acids is 2. The van der Waals surface area contributed by atoms with Crippen LogP contribution >= 0.6 is 15.9 Å². The number of halogens is 1. The molecule has 0 radical (unpaired) electrons. The predicted molar refractivity (Wildman–Crippen MR) is 113 cm³/mol. The summed E-state index contributed by atoms with van der Waals surface area (Å²) in [4.78, 5) is 31.6. The molecule has 2 unspecified atom stereocenters. The van der Waals surface area contributed by atoms with E-state index in [9.17, 15) is 9.59 Å². The van der Waals surface area contributed by atoms with E-state index in [0.717, 1.165) is 30.7 Å². The highest BCUT2D eigenvalue weighted by Crippen LogP contribution is 2.25. The van der Waals surface area contributed by atoms with E-state index < -0.39 is 0 Å². The van der Waals surface area contributed by atoms with Crippen molar-refractivity contribution in [2.45, 2.75) is 20.3 Å². The van der Waals surface area contributed by atoms with Gasteiger partial charge in [-0.3, -0.25) is 14.5 Å². The monoisotopic (exact) mass is 451 g/mol. The molecular weight excluding hydrogens is 422 g/mol. The minimum Gasteiger partial charge on any atom is -0.497 e. The number of hydrogen-bond donors (Lipinski definition) is 0. The van der Waals surface area contributed by atoms with E-state index in [1.165, 1.54) is 6.42 Å². The lowest BCUT2D eigenvalue weighted by Gasteiger charge is -2.38. The summed E-state index contributed by atoms with van der Waals surface area (Å²) in [6.07, 6.45) is 1.20. The number of carbonyl (C=O) groups is 2. The normalized spacial score (nSPS) is 23.6. The first-order valence-corrected chi connectivity index (χ1v) is 10.8. The Bertz CT molecular complexity index is 709. The van der Waals surface area contributed by atoms with Gasteiger partial charge in [0.2, 0.25) is 5.91 Å². The van der Waals surface area contributed by atoms with Crippen LogP contribution in [-0.4, -0.2) is 79.4 Å². The van der Waals surface area contributed by atoms with Crippen LogP contribution in [0.15, 0.2) is 22.7 Å². The minimum absolute atomic E-state index is 0.00423. The van der Waals surface area contributed by atoms with Gasteiger partial charge in [-0.05, 0) is 52.4 Å². The number of likely N-dealkylation sites (tertiary alicyclic amines) is 1. The largest absolute Gasteiger partial charge is 0.497 e. The smallest absolute Gasteiger partial charge is 0.255 e. The molecule has 0 aromatic heterocycles. The highest BCUT2D eigenvalue weighted by molar-refractivity contribution is 9.10. The van der Waals surface area contributed by atoms with Crippen LogP contribution in [0.5, 0.6) is 5.75 Å². The van der Waals surface area contributed by atoms with Gasteiger partial charge in [0.05, 0.1) is 19.2 Å². The Hall–Kier alpha value is -1.60. The number of ether oxygens (including phenoxy) is 1. The van der Waals surface area contributed by atoms with Crippen molar-refractivity contribution in [3.8, 4) is 5.75 Å². The van der Waals surface area contributed by atoms with Crippen LogP contribution in [0, 0.1) is 11.8 Å². The molecule has 2 heterocycles. The summed E-state index contributed by atoms with van der Waals surface area (Å²) in [6.45, 7) is 9.32. The molecule has 1 aromatic rings. The molecule has 2 aliphatic heterocycles. The maximum Gasteiger partial charge on any atom is 0.255 e. The van der Waals surface area contributed by atoms with E-state index in [1.807, 2.05) is 21.9 Å². The molecule has 3 rings (SSSR count). The zero-order valence-corrected chi connectivity index (χ0v) is 18.6. The van der Waals surface area contributed by atoms with E-state index in [4.69, 9.17) is 4.74 Å². The van der Waals surface area contributed by atoms with Crippen molar-refractivity contribution in [1.82, 2.24) is 14.7 Å². The van der Waals surface area contributed by atoms with Crippen LogP contribution in [0.1, 0.15) is 30.6 Å². The molecule has 28 heavy (non-hydrogen) atoms. The van der Waals surface area contributed by atoms with Gasteiger partial charge in [-0.2, -0.15) is 0 Å². The molecule has 2 aliphatic rings. The SMILES string of the molecule is COc1ccc(Br)c(C(=O)N2CCN(CC(=O)N3CC(C)CC(C)C3)CC2)c1. The first-order valence-electron chi connectivity index (χ1n) is 10.00. The van der Waals surface area contributed by atoms with Crippen molar-refractivity contribution in [2.75, 3.05) is 52.9 Å². The molecule has 2 fully saturated rings. The lowest BCUT2D eigenvalue weighted by molar-refractivity contribution is -0.135. The molecule has 2 amide bonds. The quantitative estimate of drug-likeness (QED) is 0.705. The molecule has 2 atom stereocenters. The fraction of sp³-hybridized carbons (Fsp3) is 0.619. The van der Waals surface area contributed by atoms with Crippen molar-refractivity contribution in [1.29, 1.82) is 0 Å². The van der Waals surface area contributed by atoms with Gasteiger partial charge in [0.25, 0.3) is 5.91 Å². The fourth-order valence-corrected chi connectivity index (χ4v) is 4.65. The summed E-state index contributed by atoms with van der Waals surface area (Å²) in [7, 11) is 1.59. The van der Waals surface area contributed by atoms with E-state index in [2.05, 4.69) is 34.7 Å². The molecular formula is C21H30BrN3O3. The summed E-state index contributed by atoms with van der Waals surface area (Å²) in [5.74, 6) is 2.02. The third-order valence-corrected chi connectivity index (χ3v) is 6.34. The van der Waals surface area contributed by atoms with Crippen LogP contribution in [0.4, 0.5) is 0 Å². The number of piperazine rings is 1. The standard InChI is InChI=1S/C21H30BrN3O3/c1-15-10-16(2)13-25(12-15)20(26)14-23-6-8-24(9-7-23)21(27)18-11-17(28-3)4-5-19(18)22/h4-5,11,15-16H,6-10,12-14H2,1-3H3. The van der Waals surface area contributed by atoms with Crippen molar-refractivity contribution in [3.05, 3.63) is 28.2 Å². The third-order valence-electron chi connectivity index (χ3n) is 5.64. The van der Waals surface area contributed by atoms with Gasteiger partial charge in [-0.1, -0.05) is 13.8 Å². The van der Waals surface area contributed by atoms with Crippen LogP contribution in [0.3, 0.4) is 0 Å². The van der Waals surface area contributed by atoms with Crippen LogP contribution < -0.4 is 4.74 Å². The second-order valence-corrected chi connectivity index (χ2v) is 9.01. The first kappa shape index (κ1) is 21.1. The number of nitrogens with zero attached hydrogens (tertiary/aromatic N) is 3. The molecule has 0 saturated carbocycles. The van der Waals surface area contributed by atoms with Crippen molar-refractivity contribution in [2.24, 2.45) is 11.8 Å². The van der Waals surface area contributed by atoms with Gasteiger partial charge >= 0.3 is 0 Å². The van der Waals surface area contributed by atoms with E-state index in [-0.39, 0.29) is 11.8 Å².